The lowest BCUT2D eigenvalue weighted by atomic mass is 9.89. The zero-order valence-electron chi connectivity index (χ0n) is 24.9. The summed E-state index contributed by atoms with van der Waals surface area (Å²) in [6.45, 7) is 4.85. The van der Waals surface area contributed by atoms with Gasteiger partial charge in [-0.3, -0.25) is 13.9 Å². The monoisotopic (exact) mass is 637 g/mol. The van der Waals surface area contributed by atoms with Crippen LogP contribution < -0.4 is 10.0 Å². The van der Waals surface area contributed by atoms with E-state index in [0.717, 1.165) is 16.7 Å². The van der Waals surface area contributed by atoms with Gasteiger partial charge in [0, 0.05) is 37.5 Å². The highest BCUT2D eigenvalue weighted by atomic mass is 35.5. The number of piperidine rings is 1. The van der Waals surface area contributed by atoms with Gasteiger partial charge in [0.05, 0.1) is 15.6 Å². The van der Waals surface area contributed by atoms with Crippen LogP contribution in [0.15, 0.2) is 65.6 Å². The molecule has 232 valence electrons. The standard InChI is InChI=1S/C34H37ClFN3O4S/c1-22-5-3-6-28(17-22)44(42,43)39-21-25(10-12-32(40)38-15-13-26(14-16-38)34(37)41)19-27-11-9-24(20-31(27)39)18-23(2)33-29(35)7-4-8-30(33)36/h3-9,11,17-18,20,25-26H,10,12-16,19,21H2,1-2H3,(H2,37,41)/b23-18+/t25-/m1/s1. The molecule has 1 atom stereocenters. The highest BCUT2D eigenvalue weighted by molar-refractivity contribution is 7.92. The number of hydrogen-bond acceptors (Lipinski definition) is 4. The van der Waals surface area contributed by atoms with Crippen LogP contribution in [0.1, 0.15) is 54.9 Å². The number of primary amides is 1. The zero-order valence-corrected chi connectivity index (χ0v) is 26.5. The number of carbonyl (C=O) groups excluding carboxylic acids is 2. The van der Waals surface area contributed by atoms with Gasteiger partial charge in [-0.25, -0.2) is 12.8 Å². The molecule has 0 spiro atoms. The van der Waals surface area contributed by atoms with Gasteiger partial charge in [0.15, 0.2) is 0 Å². The maximum atomic E-state index is 14.6. The molecule has 5 rings (SSSR count). The third kappa shape index (κ3) is 6.84. The van der Waals surface area contributed by atoms with Crippen LogP contribution in [0.25, 0.3) is 11.6 Å². The Morgan fingerprint density at radius 3 is 2.48 bits per heavy atom. The van der Waals surface area contributed by atoms with Crippen molar-refractivity contribution >= 4 is 50.8 Å². The Bertz CT molecular complexity index is 1700. The van der Waals surface area contributed by atoms with Crippen LogP contribution in [0, 0.1) is 24.6 Å². The van der Waals surface area contributed by atoms with Gasteiger partial charge in [-0.1, -0.05) is 48.0 Å². The minimum atomic E-state index is -3.92. The fourth-order valence-corrected chi connectivity index (χ4v) is 8.19. The van der Waals surface area contributed by atoms with Crippen LogP contribution in [0.4, 0.5) is 10.1 Å². The van der Waals surface area contributed by atoms with Gasteiger partial charge in [-0.15, -0.1) is 0 Å². The van der Waals surface area contributed by atoms with Gasteiger partial charge in [-0.05, 0) is 98.0 Å². The molecule has 10 heteroatoms. The first-order chi connectivity index (χ1) is 20.9. The number of amides is 2. The molecule has 0 saturated carbocycles. The molecule has 0 aromatic heterocycles. The number of nitrogens with two attached hydrogens (primary N) is 1. The predicted octanol–water partition coefficient (Wildman–Crippen LogP) is 6.22. The SMILES string of the molecule is C/C(=C\c1ccc2c(c1)N(S(=O)(=O)c1cccc(C)c1)C[C@H](CCC(=O)N1CCC(C(N)=O)CC1)C2)c1c(F)cccc1Cl. The van der Waals surface area contributed by atoms with E-state index in [1.165, 1.54) is 10.4 Å². The van der Waals surface area contributed by atoms with E-state index >= 15 is 0 Å². The first-order valence-corrected chi connectivity index (χ1v) is 16.7. The molecule has 44 heavy (non-hydrogen) atoms. The minimum Gasteiger partial charge on any atom is -0.369 e. The van der Waals surface area contributed by atoms with Crippen molar-refractivity contribution in [3.8, 4) is 0 Å². The molecule has 0 bridgehead atoms. The molecular formula is C34H37ClFN3O4S. The Morgan fingerprint density at radius 2 is 1.80 bits per heavy atom. The molecule has 3 aromatic carbocycles. The lowest BCUT2D eigenvalue weighted by Gasteiger charge is -2.36. The van der Waals surface area contributed by atoms with Gasteiger partial charge in [-0.2, -0.15) is 0 Å². The third-order valence-electron chi connectivity index (χ3n) is 8.64. The number of nitrogens with zero attached hydrogens (tertiary/aromatic N) is 2. The molecule has 2 amide bonds. The number of sulfonamides is 1. The summed E-state index contributed by atoms with van der Waals surface area (Å²) in [6.07, 6.45) is 4.38. The summed E-state index contributed by atoms with van der Waals surface area (Å²) in [5.41, 5.74) is 9.35. The molecule has 1 fully saturated rings. The Morgan fingerprint density at radius 1 is 1.07 bits per heavy atom. The second-order valence-corrected chi connectivity index (χ2v) is 14.1. The second kappa shape index (κ2) is 13.1. The van der Waals surface area contributed by atoms with Crippen LogP contribution in [0.3, 0.4) is 0 Å². The first-order valence-electron chi connectivity index (χ1n) is 14.9. The summed E-state index contributed by atoms with van der Waals surface area (Å²) in [6, 6.07) is 17.0. The van der Waals surface area contributed by atoms with E-state index in [1.54, 1.807) is 48.2 Å². The molecular weight excluding hydrogens is 601 g/mol. The van der Waals surface area contributed by atoms with Gasteiger partial charge < -0.3 is 10.6 Å². The van der Waals surface area contributed by atoms with Crippen LogP contribution in [-0.2, 0) is 26.0 Å². The maximum absolute atomic E-state index is 14.6. The van der Waals surface area contributed by atoms with Crippen LogP contribution in [0.5, 0.6) is 0 Å². The Hall–Kier alpha value is -3.69. The molecule has 0 aliphatic carbocycles. The summed E-state index contributed by atoms with van der Waals surface area (Å²) >= 11 is 6.29. The Kier molecular flexibility index (Phi) is 9.46. The molecule has 0 radical (unpaired) electrons. The summed E-state index contributed by atoms with van der Waals surface area (Å²) in [7, 11) is -3.92. The van der Waals surface area contributed by atoms with Gasteiger partial charge in [0.1, 0.15) is 5.82 Å². The van der Waals surface area contributed by atoms with Crippen molar-refractivity contribution in [1.29, 1.82) is 0 Å². The second-order valence-electron chi connectivity index (χ2n) is 11.8. The summed E-state index contributed by atoms with van der Waals surface area (Å²) < 4.78 is 44.2. The largest absolute Gasteiger partial charge is 0.369 e. The molecule has 3 aromatic rings. The number of carbonyl (C=O) groups is 2. The molecule has 2 aliphatic rings. The Labute approximate surface area is 263 Å². The van der Waals surface area contributed by atoms with Gasteiger partial charge >= 0.3 is 0 Å². The van der Waals surface area contributed by atoms with E-state index in [2.05, 4.69) is 0 Å². The number of halogens is 2. The molecule has 7 nitrogen and oxygen atoms in total. The van der Waals surface area contributed by atoms with Crippen LogP contribution in [0.2, 0.25) is 5.02 Å². The quantitative estimate of drug-likeness (QED) is 0.296. The highest BCUT2D eigenvalue weighted by Gasteiger charge is 2.34. The molecule has 1 saturated heterocycles. The van der Waals surface area contributed by atoms with Crippen molar-refractivity contribution in [2.45, 2.75) is 50.8 Å². The number of anilines is 1. The van der Waals surface area contributed by atoms with E-state index in [9.17, 15) is 22.4 Å². The average molecular weight is 638 g/mol. The number of hydrogen-bond donors (Lipinski definition) is 1. The van der Waals surface area contributed by atoms with Gasteiger partial charge in [0.2, 0.25) is 11.8 Å². The number of fused-ring (bicyclic) bond motifs is 1. The fourth-order valence-electron chi connectivity index (χ4n) is 6.20. The van der Waals surface area contributed by atoms with E-state index in [-0.39, 0.29) is 35.1 Å². The fraction of sp³-hybridized carbons (Fsp3) is 0.353. The lowest BCUT2D eigenvalue weighted by Crippen LogP contribution is -2.43. The van der Waals surface area contributed by atoms with Crippen molar-refractivity contribution in [2.75, 3.05) is 23.9 Å². The average Bonchev–Trinajstić information content (AvgIpc) is 2.99. The van der Waals surface area contributed by atoms with Gasteiger partial charge in [0.25, 0.3) is 10.0 Å². The number of rotatable bonds is 8. The topological polar surface area (TPSA) is 101 Å². The van der Waals surface area contributed by atoms with E-state index in [4.69, 9.17) is 17.3 Å². The smallest absolute Gasteiger partial charge is 0.264 e. The Balaban J connectivity index is 1.42. The molecule has 0 unspecified atom stereocenters. The molecule has 2 aliphatic heterocycles. The summed E-state index contributed by atoms with van der Waals surface area (Å²) in [5, 5.41) is 0.301. The highest BCUT2D eigenvalue weighted by Crippen LogP contribution is 2.38. The summed E-state index contributed by atoms with van der Waals surface area (Å²) in [5.74, 6) is -1.01. The first kappa shape index (κ1) is 31.7. The van der Waals surface area contributed by atoms with Crippen molar-refractivity contribution < 1.29 is 22.4 Å². The normalized spacial score (nSPS) is 17.8. The number of likely N-dealkylation sites (tertiary alicyclic amines) is 1. The van der Waals surface area contributed by atoms with E-state index in [1.807, 2.05) is 31.2 Å². The van der Waals surface area contributed by atoms with Crippen LogP contribution >= 0.6 is 11.6 Å². The van der Waals surface area contributed by atoms with E-state index in [0.29, 0.717) is 67.0 Å². The maximum Gasteiger partial charge on any atom is 0.264 e. The minimum absolute atomic E-state index is 0.00886. The van der Waals surface area contributed by atoms with Crippen molar-refractivity contribution in [3.63, 3.8) is 0 Å². The number of aryl methyl sites for hydroxylation is 1. The van der Waals surface area contributed by atoms with Crippen molar-refractivity contribution in [2.24, 2.45) is 17.6 Å². The third-order valence-corrected chi connectivity index (χ3v) is 10.7. The number of benzene rings is 3. The van der Waals surface area contributed by atoms with Crippen molar-refractivity contribution in [3.05, 3.63) is 93.8 Å². The molecule has 2 N–H and O–H groups in total. The van der Waals surface area contributed by atoms with E-state index < -0.39 is 15.8 Å². The van der Waals surface area contributed by atoms with Crippen molar-refractivity contribution in [1.82, 2.24) is 4.90 Å². The predicted molar refractivity (Wildman–Crippen MR) is 172 cm³/mol. The zero-order chi connectivity index (χ0) is 31.6. The summed E-state index contributed by atoms with van der Waals surface area (Å²) in [4.78, 5) is 26.5. The van der Waals surface area contributed by atoms with Crippen LogP contribution in [-0.4, -0.2) is 44.8 Å². The lowest BCUT2D eigenvalue weighted by molar-refractivity contribution is -0.135. The molecule has 2 heterocycles. The number of allylic oxidation sites excluding steroid dienone is 1.